The van der Waals surface area contributed by atoms with Crippen molar-refractivity contribution in [3.63, 3.8) is 0 Å². The van der Waals surface area contributed by atoms with Gasteiger partial charge in [0.1, 0.15) is 0 Å². The first-order valence-corrected chi connectivity index (χ1v) is 8.75. The molecule has 0 bridgehead atoms. The number of morpholine rings is 1. The van der Waals surface area contributed by atoms with Crippen LogP contribution in [0.2, 0.25) is 0 Å². The average Bonchev–Trinajstić information content (AvgIpc) is 2.57. The summed E-state index contributed by atoms with van der Waals surface area (Å²) in [6, 6.07) is 7.29. The van der Waals surface area contributed by atoms with Crippen LogP contribution in [0, 0.1) is 0 Å². The Balaban J connectivity index is 1.82. The van der Waals surface area contributed by atoms with E-state index in [1.165, 1.54) is 0 Å². The number of methoxy groups -OCH3 is 1. The summed E-state index contributed by atoms with van der Waals surface area (Å²) in [7, 11) is 1.58. The molecule has 1 aromatic carbocycles. The third kappa shape index (κ3) is 5.61. The second-order valence-electron chi connectivity index (χ2n) is 7.19. The van der Waals surface area contributed by atoms with E-state index in [-0.39, 0.29) is 30.3 Å². The first kappa shape index (κ1) is 19.5. The molecule has 1 saturated heterocycles. The number of benzene rings is 1. The third-order valence-electron chi connectivity index (χ3n) is 4.42. The van der Waals surface area contributed by atoms with E-state index >= 15 is 0 Å². The van der Waals surface area contributed by atoms with Gasteiger partial charge in [0.25, 0.3) is 5.91 Å². The summed E-state index contributed by atoms with van der Waals surface area (Å²) in [5.74, 6) is 1.04. The summed E-state index contributed by atoms with van der Waals surface area (Å²) in [6.07, 6.45) is 0.403. The Kier molecular flexibility index (Phi) is 6.67. The van der Waals surface area contributed by atoms with Gasteiger partial charge in [-0.05, 0) is 39.8 Å². The normalized spacial score (nSPS) is 21.6. The van der Waals surface area contributed by atoms with Crippen molar-refractivity contribution >= 4 is 5.91 Å². The van der Waals surface area contributed by atoms with Crippen molar-refractivity contribution in [2.24, 2.45) is 0 Å². The fourth-order valence-corrected chi connectivity index (χ4v) is 3.03. The quantitative estimate of drug-likeness (QED) is 0.816. The molecule has 1 fully saturated rings. The van der Waals surface area contributed by atoms with Crippen LogP contribution in [-0.4, -0.2) is 61.9 Å². The first-order chi connectivity index (χ1) is 11.8. The molecule has 2 unspecified atom stereocenters. The highest BCUT2D eigenvalue weighted by atomic mass is 16.5. The fraction of sp³-hybridized carbons (Fsp3) is 0.632. The van der Waals surface area contributed by atoms with Crippen molar-refractivity contribution in [2.45, 2.75) is 45.4 Å². The molecule has 0 aromatic heterocycles. The molecule has 1 aromatic rings. The highest BCUT2D eigenvalue weighted by molar-refractivity contribution is 5.77. The zero-order valence-corrected chi connectivity index (χ0v) is 15.9. The number of nitrogens with one attached hydrogen (secondary N) is 1. The molecule has 25 heavy (non-hydrogen) atoms. The van der Waals surface area contributed by atoms with Crippen molar-refractivity contribution in [2.75, 3.05) is 33.4 Å². The zero-order chi connectivity index (χ0) is 18.4. The predicted molar refractivity (Wildman–Crippen MR) is 97.2 cm³/mol. The molecule has 2 rings (SSSR count). The smallest absolute Gasteiger partial charge is 0.258 e. The maximum atomic E-state index is 12.2. The molecule has 1 aliphatic rings. The summed E-state index contributed by atoms with van der Waals surface area (Å²) < 4.78 is 16.6. The number of nitrogens with zero attached hydrogens (tertiary/aromatic N) is 1. The summed E-state index contributed by atoms with van der Waals surface area (Å²) in [6.45, 7) is 10.7. The van der Waals surface area contributed by atoms with Gasteiger partial charge in [0.15, 0.2) is 18.1 Å². The van der Waals surface area contributed by atoms with Gasteiger partial charge in [-0.2, -0.15) is 0 Å². The summed E-state index contributed by atoms with van der Waals surface area (Å²) in [5, 5.41) is 2.97. The number of hydrogen-bond donors (Lipinski definition) is 1. The van der Waals surface area contributed by atoms with Crippen molar-refractivity contribution in [3.05, 3.63) is 24.3 Å². The molecule has 1 N–H and O–H groups in total. The van der Waals surface area contributed by atoms with E-state index in [1.54, 1.807) is 19.2 Å². The van der Waals surface area contributed by atoms with Crippen LogP contribution in [0.5, 0.6) is 11.5 Å². The molecular formula is C19H30N2O4. The lowest BCUT2D eigenvalue weighted by atomic mass is 10.00. The minimum absolute atomic E-state index is 0.0353. The number of para-hydroxylation sites is 2. The Hall–Kier alpha value is -1.79. The molecule has 0 saturated carbocycles. The van der Waals surface area contributed by atoms with Gasteiger partial charge in [-0.3, -0.25) is 9.69 Å². The van der Waals surface area contributed by atoms with Gasteiger partial charge in [0, 0.05) is 25.2 Å². The Labute approximate surface area is 150 Å². The molecule has 0 radical (unpaired) electrons. The minimum Gasteiger partial charge on any atom is -0.493 e. The third-order valence-corrected chi connectivity index (χ3v) is 4.42. The van der Waals surface area contributed by atoms with Gasteiger partial charge in [-0.15, -0.1) is 0 Å². The highest BCUT2D eigenvalue weighted by Crippen LogP contribution is 2.25. The van der Waals surface area contributed by atoms with Crippen LogP contribution in [0.25, 0.3) is 0 Å². The molecule has 1 amide bonds. The first-order valence-electron chi connectivity index (χ1n) is 8.75. The Morgan fingerprint density at radius 2 is 1.84 bits per heavy atom. The van der Waals surface area contributed by atoms with Crippen molar-refractivity contribution < 1.29 is 19.0 Å². The Bertz CT molecular complexity index is 566. The van der Waals surface area contributed by atoms with E-state index in [0.29, 0.717) is 18.0 Å². The summed E-state index contributed by atoms with van der Waals surface area (Å²) in [4.78, 5) is 14.5. The van der Waals surface area contributed by atoms with Crippen molar-refractivity contribution in [3.8, 4) is 11.5 Å². The maximum Gasteiger partial charge on any atom is 0.258 e. The van der Waals surface area contributed by atoms with Crippen LogP contribution in [0.15, 0.2) is 24.3 Å². The van der Waals surface area contributed by atoms with Crippen molar-refractivity contribution in [1.82, 2.24) is 10.2 Å². The lowest BCUT2D eigenvalue weighted by Crippen LogP contribution is -2.58. The van der Waals surface area contributed by atoms with Crippen LogP contribution < -0.4 is 14.8 Å². The van der Waals surface area contributed by atoms with Gasteiger partial charge in [-0.25, -0.2) is 0 Å². The van der Waals surface area contributed by atoms with Gasteiger partial charge >= 0.3 is 0 Å². The molecule has 0 spiro atoms. The zero-order valence-electron chi connectivity index (χ0n) is 15.9. The molecule has 0 aliphatic carbocycles. The van der Waals surface area contributed by atoms with E-state index in [2.05, 4.69) is 37.9 Å². The molecule has 140 valence electrons. The van der Waals surface area contributed by atoms with Gasteiger partial charge in [0.2, 0.25) is 0 Å². The maximum absolute atomic E-state index is 12.2. The Morgan fingerprint density at radius 3 is 2.44 bits per heavy atom. The topological polar surface area (TPSA) is 60.0 Å². The van der Waals surface area contributed by atoms with Gasteiger partial charge < -0.3 is 19.5 Å². The molecule has 2 atom stereocenters. The van der Waals surface area contributed by atoms with E-state index in [9.17, 15) is 4.79 Å². The monoisotopic (exact) mass is 350 g/mol. The standard InChI is InChI=1S/C19H30N2O4/c1-14-10-21(11-15(2)25-14)19(3,4)13-20-18(22)12-24-17-9-7-6-8-16(17)23-5/h6-9,14-15H,10-13H2,1-5H3,(H,20,22). The van der Waals surface area contributed by atoms with Crippen LogP contribution in [-0.2, 0) is 9.53 Å². The predicted octanol–water partition coefficient (Wildman–Crippen LogP) is 2.08. The summed E-state index contributed by atoms with van der Waals surface area (Å²) in [5.41, 5.74) is -0.146. The van der Waals surface area contributed by atoms with E-state index in [1.807, 2.05) is 12.1 Å². The number of carbonyl (C=O) groups is 1. The molecular weight excluding hydrogens is 320 g/mol. The Morgan fingerprint density at radius 1 is 1.24 bits per heavy atom. The molecule has 6 nitrogen and oxygen atoms in total. The number of ether oxygens (including phenoxy) is 3. The number of rotatable bonds is 7. The van der Waals surface area contributed by atoms with E-state index < -0.39 is 0 Å². The lowest BCUT2D eigenvalue weighted by Gasteiger charge is -2.45. The largest absolute Gasteiger partial charge is 0.493 e. The van der Waals surface area contributed by atoms with Crippen LogP contribution in [0.1, 0.15) is 27.7 Å². The highest BCUT2D eigenvalue weighted by Gasteiger charge is 2.33. The van der Waals surface area contributed by atoms with Gasteiger partial charge in [0.05, 0.1) is 19.3 Å². The van der Waals surface area contributed by atoms with Gasteiger partial charge in [-0.1, -0.05) is 12.1 Å². The average molecular weight is 350 g/mol. The lowest BCUT2D eigenvalue weighted by molar-refractivity contribution is -0.124. The van der Waals surface area contributed by atoms with E-state index in [4.69, 9.17) is 14.2 Å². The van der Waals surface area contributed by atoms with Crippen LogP contribution in [0.3, 0.4) is 0 Å². The molecule has 6 heteroatoms. The number of carbonyl (C=O) groups excluding carboxylic acids is 1. The van der Waals surface area contributed by atoms with Crippen LogP contribution in [0.4, 0.5) is 0 Å². The minimum atomic E-state index is -0.146. The fourth-order valence-electron chi connectivity index (χ4n) is 3.03. The van der Waals surface area contributed by atoms with Crippen LogP contribution >= 0.6 is 0 Å². The molecule has 1 aliphatic heterocycles. The summed E-state index contributed by atoms with van der Waals surface area (Å²) >= 11 is 0. The SMILES string of the molecule is COc1ccccc1OCC(=O)NCC(C)(C)N1CC(C)OC(C)C1. The van der Waals surface area contributed by atoms with Crippen molar-refractivity contribution in [1.29, 1.82) is 0 Å². The second-order valence-corrected chi connectivity index (χ2v) is 7.19. The van der Waals surface area contributed by atoms with E-state index in [0.717, 1.165) is 13.1 Å². The number of hydrogen-bond acceptors (Lipinski definition) is 5. The second kappa shape index (κ2) is 8.54. The molecule has 1 heterocycles. The number of amides is 1.